The molecule has 0 fully saturated rings. The first-order valence-corrected chi connectivity index (χ1v) is 8.32. The van der Waals surface area contributed by atoms with Gasteiger partial charge in [0.2, 0.25) is 0 Å². The summed E-state index contributed by atoms with van der Waals surface area (Å²) in [6.07, 6.45) is 3.24. The lowest BCUT2D eigenvalue weighted by atomic mass is 9.99. The van der Waals surface area contributed by atoms with Crippen LogP contribution in [0.25, 0.3) is 21.9 Å². The molecule has 26 heavy (non-hydrogen) atoms. The minimum Gasteiger partial charge on any atom is -0.497 e. The van der Waals surface area contributed by atoms with Crippen LogP contribution in [0.2, 0.25) is 0 Å². The molecule has 0 unspecified atom stereocenters. The van der Waals surface area contributed by atoms with Crippen LogP contribution in [0, 0.1) is 17.5 Å². The van der Waals surface area contributed by atoms with Crippen molar-refractivity contribution >= 4 is 10.8 Å². The Morgan fingerprint density at radius 2 is 1.73 bits per heavy atom. The summed E-state index contributed by atoms with van der Waals surface area (Å²) in [5, 5.41) is 0.900. The third-order valence-electron chi connectivity index (χ3n) is 4.34. The number of hydrogen-bond donors (Lipinski definition) is 0. The quantitative estimate of drug-likeness (QED) is 0.606. The largest absolute Gasteiger partial charge is 0.497 e. The second kappa shape index (κ2) is 7.23. The number of hydrogen-bond acceptors (Lipinski definition) is 2. The van der Waals surface area contributed by atoms with Crippen molar-refractivity contribution in [1.82, 2.24) is 4.57 Å². The third kappa shape index (κ3) is 3.19. The van der Waals surface area contributed by atoms with Gasteiger partial charge in [-0.1, -0.05) is 13.3 Å². The molecule has 6 heteroatoms. The van der Waals surface area contributed by atoms with Gasteiger partial charge in [-0.05, 0) is 42.3 Å². The summed E-state index contributed by atoms with van der Waals surface area (Å²) >= 11 is 0. The van der Waals surface area contributed by atoms with Crippen molar-refractivity contribution in [3.8, 4) is 16.9 Å². The lowest BCUT2D eigenvalue weighted by molar-refractivity contribution is 0.415. The standard InChI is InChI=1S/C20H18F3NO2/c1-3-4-7-24-11-16(12-8-17(21)19(23)18(22)9-12)15-10-13(26-2)5-6-14(15)20(24)25/h5-6,8-11H,3-4,7H2,1-2H3. The number of ether oxygens (including phenoxy) is 1. The Morgan fingerprint density at radius 3 is 2.35 bits per heavy atom. The van der Waals surface area contributed by atoms with E-state index in [0.29, 0.717) is 28.6 Å². The van der Waals surface area contributed by atoms with Crippen molar-refractivity contribution in [2.75, 3.05) is 7.11 Å². The molecule has 0 radical (unpaired) electrons. The molecule has 3 rings (SSSR count). The van der Waals surface area contributed by atoms with Gasteiger partial charge < -0.3 is 9.30 Å². The molecule has 1 aromatic heterocycles. The zero-order valence-corrected chi connectivity index (χ0v) is 14.5. The van der Waals surface area contributed by atoms with Gasteiger partial charge in [-0.25, -0.2) is 13.2 Å². The number of aryl methyl sites for hydroxylation is 1. The highest BCUT2D eigenvalue weighted by molar-refractivity contribution is 5.96. The van der Waals surface area contributed by atoms with Gasteiger partial charge in [0.25, 0.3) is 5.56 Å². The maximum Gasteiger partial charge on any atom is 0.258 e. The van der Waals surface area contributed by atoms with Gasteiger partial charge in [0.15, 0.2) is 17.5 Å². The number of benzene rings is 2. The molecular formula is C20H18F3NO2. The van der Waals surface area contributed by atoms with E-state index in [2.05, 4.69) is 0 Å². The normalized spacial score (nSPS) is 11.1. The van der Waals surface area contributed by atoms with Crippen LogP contribution in [0.1, 0.15) is 19.8 Å². The van der Waals surface area contributed by atoms with Crippen molar-refractivity contribution in [2.45, 2.75) is 26.3 Å². The Hall–Kier alpha value is -2.76. The maximum absolute atomic E-state index is 13.7. The van der Waals surface area contributed by atoms with E-state index in [4.69, 9.17) is 4.74 Å². The van der Waals surface area contributed by atoms with Gasteiger partial charge in [0.05, 0.1) is 7.11 Å². The zero-order chi connectivity index (χ0) is 18.8. The van der Waals surface area contributed by atoms with Gasteiger partial charge >= 0.3 is 0 Å². The highest BCUT2D eigenvalue weighted by atomic mass is 19.2. The third-order valence-corrected chi connectivity index (χ3v) is 4.34. The van der Waals surface area contributed by atoms with E-state index < -0.39 is 17.5 Å². The minimum atomic E-state index is -1.52. The Labute approximate surface area is 148 Å². The van der Waals surface area contributed by atoms with E-state index in [9.17, 15) is 18.0 Å². The van der Waals surface area contributed by atoms with Crippen LogP contribution in [0.4, 0.5) is 13.2 Å². The van der Waals surface area contributed by atoms with E-state index in [1.807, 2.05) is 6.92 Å². The number of unbranched alkanes of at least 4 members (excludes halogenated alkanes) is 1. The first-order valence-electron chi connectivity index (χ1n) is 8.32. The average molecular weight is 361 g/mol. The second-order valence-electron chi connectivity index (χ2n) is 6.06. The van der Waals surface area contributed by atoms with Crippen LogP contribution in [0.5, 0.6) is 5.75 Å². The van der Waals surface area contributed by atoms with Crippen molar-refractivity contribution in [3.05, 3.63) is 64.3 Å². The molecule has 0 saturated heterocycles. The molecule has 0 atom stereocenters. The monoisotopic (exact) mass is 361 g/mol. The molecule has 0 N–H and O–H groups in total. The van der Waals surface area contributed by atoms with Crippen molar-refractivity contribution in [1.29, 1.82) is 0 Å². The van der Waals surface area contributed by atoms with Crippen molar-refractivity contribution < 1.29 is 17.9 Å². The molecule has 0 aliphatic heterocycles. The number of nitrogens with zero attached hydrogens (tertiary/aromatic N) is 1. The van der Waals surface area contributed by atoms with Gasteiger partial charge in [0.1, 0.15) is 5.75 Å². The van der Waals surface area contributed by atoms with Gasteiger partial charge in [-0.15, -0.1) is 0 Å². The Balaban J connectivity index is 2.34. The minimum absolute atomic E-state index is 0.157. The molecule has 3 nitrogen and oxygen atoms in total. The topological polar surface area (TPSA) is 31.2 Å². The molecule has 1 heterocycles. The van der Waals surface area contributed by atoms with Crippen LogP contribution in [-0.2, 0) is 6.54 Å². The molecule has 136 valence electrons. The lowest BCUT2D eigenvalue weighted by Gasteiger charge is -2.14. The second-order valence-corrected chi connectivity index (χ2v) is 6.06. The van der Waals surface area contributed by atoms with Crippen molar-refractivity contribution in [2.24, 2.45) is 0 Å². The number of aromatic nitrogens is 1. The predicted molar refractivity (Wildman–Crippen MR) is 95.0 cm³/mol. The summed E-state index contributed by atoms with van der Waals surface area (Å²) in [4.78, 5) is 12.7. The van der Waals surface area contributed by atoms with Crippen LogP contribution in [0.15, 0.2) is 41.3 Å². The molecular weight excluding hydrogens is 343 g/mol. The van der Waals surface area contributed by atoms with Crippen LogP contribution >= 0.6 is 0 Å². The van der Waals surface area contributed by atoms with Crippen molar-refractivity contribution in [3.63, 3.8) is 0 Å². The highest BCUT2D eigenvalue weighted by Crippen LogP contribution is 2.31. The molecule has 3 aromatic rings. The predicted octanol–water partition coefficient (Wildman–Crippen LogP) is 4.89. The zero-order valence-electron chi connectivity index (χ0n) is 14.5. The van der Waals surface area contributed by atoms with Crippen LogP contribution in [0.3, 0.4) is 0 Å². The summed E-state index contributed by atoms with van der Waals surface area (Å²) in [7, 11) is 1.49. The van der Waals surface area contributed by atoms with E-state index in [1.54, 1.807) is 24.4 Å². The summed E-state index contributed by atoms with van der Waals surface area (Å²) < 4.78 is 47.6. The van der Waals surface area contributed by atoms with Crippen LogP contribution in [-0.4, -0.2) is 11.7 Å². The highest BCUT2D eigenvalue weighted by Gasteiger charge is 2.16. The molecule has 0 spiro atoms. The fraction of sp³-hybridized carbons (Fsp3) is 0.250. The maximum atomic E-state index is 13.7. The Kier molecular flexibility index (Phi) is 5.02. The summed E-state index contributed by atoms with van der Waals surface area (Å²) in [6, 6.07) is 6.78. The van der Waals surface area contributed by atoms with E-state index in [1.165, 1.54) is 11.7 Å². The number of halogens is 3. The summed E-state index contributed by atoms with van der Waals surface area (Å²) in [5.74, 6) is -3.56. The molecule has 0 saturated carbocycles. The van der Waals surface area contributed by atoms with Gasteiger partial charge in [0, 0.05) is 29.1 Å². The molecule has 2 aromatic carbocycles. The molecule has 0 bridgehead atoms. The first-order chi connectivity index (χ1) is 12.5. The van der Waals surface area contributed by atoms with E-state index in [-0.39, 0.29) is 11.1 Å². The summed E-state index contributed by atoms with van der Waals surface area (Å²) in [5.41, 5.74) is 0.403. The van der Waals surface area contributed by atoms with Gasteiger partial charge in [-0.2, -0.15) is 0 Å². The molecule has 0 amide bonds. The average Bonchev–Trinajstić information content (AvgIpc) is 2.64. The van der Waals surface area contributed by atoms with Crippen LogP contribution < -0.4 is 10.3 Å². The smallest absolute Gasteiger partial charge is 0.258 e. The fourth-order valence-corrected chi connectivity index (χ4v) is 2.93. The van der Waals surface area contributed by atoms with Gasteiger partial charge in [-0.3, -0.25) is 4.79 Å². The SMILES string of the molecule is CCCCn1cc(-c2cc(F)c(F)c(F)c2)c2cc(OC)ccc2c1=O. The molecule has 0 aliphatic rings. The van der Waals surface area contributed by atoms with E-state index in [0.717, 1.165) is 25.0 Å². The first kappa shape index (κ1) is 18.0. The number of fused-ring (bicyclic) bond motifs is 1. The number of methoxy groups -OCH3 is 1. The fourth-order valence-electron chi connectivity index (χ4n) is 2.93. The van der Waals surface area contributed by atoms with E-state index >= 15 is 0 Å². The summed E-state index contributed by atoms with van der Waals surface area (Å²) in [6.45, 7) is 2.49. The molecule has 0 aliphatic carbocycles. The lowest BCUT2D eigenvalue weighted by Crippen LogP contribution is -2.20. The Bertz CT molecular complexity index is 1000. The number of rotatable bonds is 5. The Morgan fingerprint density at radius 1 is 1.04 bits per heavy atom. The number of pyridine rings is 1.